The Morgan fingerprint density at radius 3 is 3.05 bits per heavy atom. The van der Waals surface area contributed by atoms with E-state index in [1.165, 1.54) is 10.5 Å². The fourth-order valence-electron chi connectivity index (χ4n) is 2.82. The molecule has 0 spiro atoms. The first-order chi connectivity index (χ1) is 9.17. The average Bonchev–Trinajstić information content (AvgIpc) is 2.94. The number of aliphatic hydroxyl groups is 1. The van der Waals surface area contributed by atoms with Gasteiger partial charge in [-0.15, -0.1) is 11.8 Å². The third kappa shape index (κ3) is 2.82. The van der Waals surface area contributed by atoms with Gasteiger partial charge in [0.05, 0.1) is 6.10 Å². The van der Waals surface area contributed by atoms with Crippen LogP contribution in [0.15, 0.2) is 29.2 Å². The van der Waals surface area contributed by atoms with Crippen molar-refractivity contribution in [2.24, 2.45) is 0 Å². The van der Waals surface area contributed by atoms with Gasteiger partial charge in [-0.2, -0.15) is 0 Å². The topological polar surface area (TPSA) is 41.5 Å². The van der Waals surface area contributed by atoms with Gasteiger partial charge in [0.15, 0.2) is 0 Å². The number of hydrogen-bond donors (Lipinski definition) is 2. The molecule has 3 rings (SSSR count). The molecule has 0 aliphatic carbocycles. The number of thioether (sulfide) groups is 1. The first-order valence-corrected chi connectivity index (χ1v) is 7.85. The molecule has 0 amide bonds. The number of nitrogens with one attached hydrogen (secondary N) is 1. The lowest BCUT2D eigenvalue weighted by molar-refractivity contribution is -0.0259. The highest BCUT2D eigenvalue weighted by Crippen LogP contribution is 2.36. The third-order valence-corrected chi connectivity index (χ3v) is 5.50. The molecule has 0 bridgehead atoms. The summed E-state index contributed by atoms with van der Waals surface area (Å²) in [6.07, 6.45) is 1.80. The van der Waals surface area contributed by atoms with Crippen LogP contribution in [0, 0.1) is 0 Å². The van der Waals surface area contributed by atoms with Crippen LogP contribution in [-0.4, -0.2) is 41.8 Å². The Labute approximate surface area is 118 Å². The van der Waals surface area contributed by atoms with E-state index in [-0.39, 0.29) is 6.10 Å². The standard InChI is InChI=1S/C15H21NO2S/c1-11-15(17,6-7-18-11)10-16-9-13-8-12-4-2-3-5-14(12)19-13/h2-5,11,13,16-17H,6-10H2,1H3. The molecule has 3 atom stereocenters. The van der Waals surface area contributed by atoms with Crippen LogP contribution in [0.2, 0.25) is 0 Å². The summed E-state index contributed by atoms with van der Waals surface area (Å²) in [5.74, 6) is 0. The van der Waals surface area contributed by atoms with Crippen LogP contribution in [-0.2, 0) is 11.2 Å². The summed E-state index contributed by atoms with van der Waals surface area (Å²) in [7, 11) is 0. The van der Waals surface area contributed by atoms with Gasteiger partial charge in [-0.05, 0) is 25.0 Å². The second kappa shape index (κ2) is 5.44. The van der Waals surface area contributed by atoms with Gasteiger partial charge in [-0.3, -0.25) is 0 Å². The van der Waals surface area contributed by atoms with Crippen LogP contribution < -0.4 is 5.32 Å². The largest absolute Gasteiger partial charge is 0.386 e. The van der Waals surface area contributed by atoms with Crippen molar-refractivity contribution < 1.29 is 9.84 Å². The van der Waals surface area contributed by atoms with Gasteiger partial charge in [0.25, 0.3) is 0 Å². The van der Waals surface area contributed by atoms with E-state index in [0.717, 1.165) is 19.4 Å². The maximum atomic E-state index is 10.4. The van der Waals surface area contributed by atoms with Gasteiger partial charge in [0, 0.05) is 36.3 Å². The van der Waals surface area contributed by atoms with Crippen molar-refractivity contribution >= 4 is 11.8 Å². The zero-order valence-electron chi connectivity index (χ0n) is 11.3. The summed E-state index contributed by atoms with van der Waals surface area (Å²) >= 11 is 1.94. The fraction of sp³-hybridized carbons (Fsp3) is 0.600. The van der Waals surface area contributed by atoms with E-state index in [1.807, 2.05) is 18.7 Å². The number of ether oxygens (including phenoxy) is 1. The highest BCUT2D eigenvalue weighted by molar-refractivity contribution is 8.00. The summed E-state index contributed by atoms with van der Waals surface area (Å²) in [6, 6.07) is 8.61. The van der Waals surface area contributed by atoms with Crippen LogP contribution in [0.3, 0.4) is 0 Å². The molecule has 19 heavy (non-hydrogen) atoms. The van der Waals surface area contributed by atoms with Crippen molar-refractivity contribution in [3.8, 4) is 0 Å². The Balaban J connectivity index is 1.47. The van der Waals surface area contributed by atoms with Crippen LogP contribution in [0.4, 0.5) is 0 Å². The lowest BCUT2D eigenvalue weighted by Crippen LogP contribution is -2.47. The molecule has 2 aliphatic rings. The minimum absolute atomic E-state index is 0.0616. The molecule has 2 aliphatic heterocycles. The molecule has 0 saturated carbocycles. The zero-order valence-corrected chi connectivity index (χ0v) is 12.1. The van der Waals surface area contributed by atoms with Gasteiger partial charge in [-0.25, -0.2) is 0 Å². The number of hydrogen-bond acceptors (Lipinski definition) is 4. The van der Waals surface area contributed by atoms with Crippen LogP contribution in [0.1, 0.15) is 18.9 Å². The van der Waals surface area contributed by atoms with Crippen molar-refractivity contribution in [3.05, 3.63) is 29.8 Å². The number of benzene rings is 1. The predicted octanol–water partition coefficient (Wildman–Crippen LogP) is 1.83. The smallest absolute Gasteiger partial charge is 0.105 e. The fourth-order valence-corrected chi connectivity index (χ4v) is 4.10. The molecular formula is C15H21NO2S. The van der Waals surface area contributed by atoms with Crippen molar-refractivity contribution in [1.82, 2.24) is 5.32 Å². The highest BCUT2D eigenvalue weighted by Gasteiger charge is 2.39. The van der Waals surface area contributed by atoms with Gasteiger partial charge in [0.2, 0.25) is 0 Å². The van der Waals surface area contributed by atoms with E-state index in [9.17, 15) is 5.11 Å². The van der Waals surface area contributed by atoms with Crippen molar-refractivity contribution in [1.29, 1.82) is 0 Å². The van der Waals surface area contributed by atoms with Gasteiger partial charge in [0.1, 0.15) is 5.60 Å². The minimum Gasteiger partial charge on any atom is -0.386 e. The van der Waals surface area contributed by atoms with E-state index in [0.29, 0.717) is 18.4 Å². The van der Waals surface area contributed by atoms with Crippen LogP contribution >= 0.6 is 11.8 Å². The summed E-state index contributed by atoms with van der Waals surface area (Å²) in [4.78, 5) is 1.41. The predicted molar refractivity (Wildman–Crippen MR) is 77.6 cm³/mol. The molecular weight excluding hydrogens is 258 g/mol. The molecule has 0 aromatic heterocycles. The van der Waals surface area contributed by atoms with Crippen molar-refractivity contribution in [3.63, 3.8) is 0 Å². The molecule has 1 saturated heterocycles. The van der Waals surface area contributed by atoms with E-state index < -0.39 is 5.60 Å². The number of fused-ring (bicyclic) bond motifs is 1. The Hall–Kier alpha value is -0.550. The molecule has 2 heterocycles. The zero-order chi connectivity index (χ0) is 13.3. The molecule has 1 aromatic carbocycles. The normalized spacial score (nSPS) is 33.6. The number of rotatable bonds is 4. The first kappa shape index (κ1) is 13.4. The molecule has 2 N–H and O–H groups in total. The summed E-state index contributed by atoms with van der Waals surface area (Å²) < 4.78 is 5.45. The van der Waals surface area contributed by atoms with Crippen LogP contribution in [0.25, 0.3) is 0 Å². The van der Waals surface area contributed by atoms with Crippen LogP contribution in [0.5, 0.6) is 0 Å². The Bertz CT molecular complexity index is 429. The molecule has 1 fully saturated rings. The Morgan fingerprint density at radius 1 is 1.47 bits per heavy atom. The van der Waals surface area contributed by atoms with E-state index in [2.05, 4.69) is 29.6 Å². The van der Waals surface area contributed by atoms with Crippen molar-refractivity contribution in [2.75, 3.05) is 19.7 Å². The SMILES string of the molecule is CC1OCCC1(O)CNCC1Cc2ccccc2S1. The lowest BCUT2D eigenvalue weighted by atomic mass is 9.96. The molecule has 3 unspecified atom stereocenters. The minimum atomic E-state index is -0.684. The Kier molecular flexibility index (Phi) is 3.85. The maximum absolute atomic E-state index is 10.4. The quantitative estimate of drug-likeness (QED) is 0.882. The first-order valence-electron chi connectivity index (χ1n) is 6.97. The summed E-state index contributed by atoms with van der Waals surface area (Å²) in [5, 5.41) is 14.4. The second-order valence-corrected chi connectivity index (χ2v) is 6.89. The lowest BCUT2D eigenvalue weighted by Gasteiger charge is -2.26. The second-order valence-electron chi connectivity index (χ2n) is 5.55. The average molecular weight is 279 g/mol. The van der Waals surface area contributed by atoms with E-state index >= 15 is 0 Å². The summed E-state index contributed by atoms with van der Waals surface area (Å²) in [5.41, 5.74) is 0.770. The summed E-state index contributed by atoms with van der Waals surface area (Å²) in [6.45, 7) is 4.19. The monoisotopic (exact) mass is 279 g/mol. The third-order valence-electron chi connectivity index (χ3n) is 4.18. The molecule has 0 radical (unpaired) electrons. The van der Waals surface area contributed by atoms with Crippen molar-refractivity contribution in [2.45, 2.75) is 41.6 Å². The van der Waals surface area contributed by atoms with Gasteiger partial charge >= 0.3 is 0 Å². The van der Waals surface area contributed by atoms with Gasteiger partial charge in [-0.1, -0.05) is 18.2 Å². The van der Waals surface area contributed by atoms with Gasteiger partial charge < -0.3 is 15.2 Å². The molecule has 4 heteroatoms. The van der Waals surface area contributed by atoms with E-state index in [1.54, 1.807) is 0 Å². The maximum Gasteiger partial charge on any atom is 0.105 e. The highest BCUT2D eigenvalue weighted by atomic mass is 32.2. The molecule has 104 valence electrons. The Morgan fingerprint density at radius 2 is 2.32 bits per heavy atom. The molecule has 1 aromatic rings. The van der Waals surface area contributed by atoms with E-state index in [4.69, 9.17) is 4.74 Å². The molecule has 3 nitrogen and oxygen atoms in total.